The molecule has 17 heavy (non-hydrogen) atoms. The third kappa shape index (κ3) is 7.91. The second kappa shape index (κ2) is 8.23. The molecule has 1 rings (SSSR count). The highest BCUT2D eigenvalue weighted by Gasteiger charge is 2.30. The number of benzene rings is 1. The molecule has 0 atom stereocenters. The van der Waals surface area contributed by atoms with E-state index in [-0.39, 0.29) is 5.69 Å². The van der Waals surface area contributed by atoms with E-state index in [1.807, 2.05) is 0 Å². The maximum atomic E-state index is 11.9. The first kappa shape index (κ1) is 16.1. The van der Waals surface area contributed by atoms with Crippen LogP contribution in [0.2, 0.25) is 0 Å². The van der Waals surface area contributed by atoms with Crippen molar-refractivity contribution in [1.82, 2.24) is 0 Å². The van der Waals surface area contributed by atoms with Crippen molar-refractivity contribution in [2.45, 2.75) is 32.4 Å². The Morgan fingerprint density at radius 3 is 2.18 bits per heavy atom. The standard InChI is InChI=1S/C7H6F3N.C5H11Cl/c8-7(9,10)5-2-1-3-6(11)4-5;1-2-3-4-5-6/h1-4H,11H2;2-5H2,1H3. The van der Waals surface area contributed by atoms with Gasteiger partial charge in [0, 0.05) is 11.6 Å². The molecule has 0 spiro atoms. The summed E-state index contributed by atoms with van der Waals surface area (Å²) in [6.45, 7) is 2.17. The first-order valence-electron chi connectivity index (χ1n) is 5.40. The average Bonchev–Trinajstić information content (AvgIpc) is 2.26. The van der Waals surface area contributed by atoms with Gasteiger partial charge < -0.3 is 5.73 Å². The maximum Gasteiger partial charge on any atom is 0.416 e. The number of nitrogen functional groups attached to an aromatic ring is 1. The van der Waals surface area contributed by atoms with Crippen LogP contribution in [-0.4, -0.2) is 5.88 Å². The van der Waals surface area contributed by atoms with E-state index in [2.05, 4.69) is 6.92 Å². The minimum absolute atomic E-state index is 0.125. The molecule has 0 aliphatic heterocycles. The van der Waals surface area contributed by atoms with Gasteiger partial charge in [-0.05, 0) is 24.6 Å². The molecular formula is C12H17ClF3N. The van der Waals surface area contributed by atoms with Crippen molar-refractivity contribution < 1.29 is 13.2 Å². The Kier molecular flexibility index (Phi) is 7.79. The Labute approximate surface area is 105 Å². The minimum atomic E-state index is -4.30. The van der Waals surface area contributed by atoms with Crippen LogP contribution in [0.3, 0.4) is 0 Å². The predicted octanol–water partition coefficient (Wildman–Crippen LogP) is 4.70. The average molecular weight is 268 g/mol. The van der Waals surface area contributed by atoms with Crippen molar-refractivity contribution >= 4 is 17.3 Å². The number of anilines is 1. The number of nitrogens with two attached hydrogens (primary N) is 1. The first-order valence-corrected chi connectivity index (χ1v) is 5.94. The molecule has 0 radical (unpaired) electrons. The van der Waals surface area contributed by atoms with Crippen LogP contribution in [0.1, 0.15) is 31.7 Å². The lowest BCUT2D eigenvalue weighted by Gasteiger charge is -2.05. The van der Waals surface area contributed by atoms with Crippen molar-refractivity contribution in [1.29, 1.82) is 0 Å². The summed E-state index contributed by atoms with van der Waals surface area (Å²) in [5, 5.41) is 0. The fourth-order valence-electron chi connectivity index (χ4n) is 1.06. The summed E-state index contributed by atoms with van der Waals surface area (Å²) in [6.07, 6.45) is -0.566. The molecule has 0 aromatic heterocycles. The molecule has 2 N–H and O–H groups in total. The molecule has 0 unspecified atom stereocenters. The van der Waals surface area contributed by atoms with E-state index in [1.54, 1.807) is 0 Å². The van der Waals surface area contributed by atoms with Gasteiger partial charge in [-0.25, -0.2) is 0 Å². The molecule has 0 amide bonds. The summed E-state index contributed by atoms with van der Waals surface area (Å²) < 4.78 is 35.7. The van der Waals surface area contributed by atoms with Crippen LogP contribution < -0.4 is 5.73 Å². The van der Waals surface area contributed by atoms with Crippen LogP contribution in [0.5, 0.6) is 0 Å². The molecule has 0 aliphatic rings. The fraction of sp³-hybridized carbons (Fsp3) is 0.500. The minimum Gasteiger partial charge on any atom is -0.399 e. The topological polar surface area (TPSA) is 26.0 Å². The zero-order chi connectivity index (χ0) is 13.3. The normalized spacial score (nSPS) is 10.6. The van der Waals surface area contributed by atoms with Crippen LogP contribution in [-0.2, 0) is 6.18 Å². The van der Waals surface area contributed by atoms with Gasteiger partial charge in [0.25, 0.3) is 0 Å². The second-order valence-corrected chi connectivity index (χ2v) is 3.90. The Morgan fingerprint density at radius 1 is 1.24 bits per heavy atom. The summed E-state index contributed by atoms with van der Waals surface area (Å²) in [7, 11) is 0. The molecule has 0 saturated heterocycles. The fourth-order valence-corrected chi connectivity index (χ4v) is 1.25. The zero-order valence-corrected chi connectivity index (χ0v) is 10.5. The van der Waals surface area contributed by atoms with E-state index in [4.69, 9.17) is 17.3 Å². The van der Waals surface area contributed by atoms with E-state index >= 15 is 0 Å². The van der Waals surface area contributed by atoms with Gasteiger partial charge in [0.15, 0.2) is 0 Å². The number of rotatable bonds is 3. The van der Waals surface area contributed by atoms with Crippen LogP contribution in [0, 0.1) is 0 Å². The Balaban J connectivity index is 0.000000366. The van der Waals surface area contributed by atoms with E-state index in [0.717, 1.165) is 18.0 Å². The Bertz CT molecular complexity index is 309. The number of alkyl halides is 4. The number of hydrogen-bond donors (Lipinski definition) is 1. The lowest BCUT2D eigenvalue weighted by molar-refractivity contribution is -0.137. The number of halogens is 4. The van der Waals surface area contributed by atoms with Crippen molar-refractivity contribution in [2.75, 3.05) is 11.6 Å². The molecule has 5 heteroatoms. The second-order valence-electron chi connectivity index (χ2n) is 3.52. The Morgan fingerprint density at radius 2 is 1.88 bits per heavy atom. The van der Waals surface area contributed by atoms with Crippen molar-refractivity contribution in [3.8, 4) is 0 Å². The summed E-state index contributed by atoms with van der Waals surface area (Å²) in [6, 6.07) is 4.57. The van der Waals surface area contributed by atoms with Crippen molar-refractivity contribution in [2.24, 2.45) is 0 Å². The smallest absolute Gasteiger partial charge is 0.399 e. The van der Waals surface area contributed by atoms with Crippen LogP contribution in [0.25, 0.3) is 0 Å². The van der Waals surface area contributed by atoms with Crippen molar-refractivity contribution in [3.05, 3.63) is 29.8 Å². The molecule has 0 saturated carbocycles. The van der Waals surface area contributed by atoms with Crippen LogP contribution in [0.4, 0.5) is 18.9 Å². The van der Waals surface area contributed by atoms with E-state index in [0.29, 0.717) is 0 Å². The lowest BCUT2D eigenvalue weighted by atomic mass is 10.2. The molecule has 0 heterocycles. The zero-order valence-electron chi connectivity index (χ0n) is 9.73. The highest BCUT2D eigenvalue weighted by molar-refractivity contribution is 6.17. The van der Waals surface area contributed by atoms with Crippen molar-refractivity contribution in [3.63, 3.8) is 0 Å². The quantitative estimate of drug-likeness (QED) is 0.479. The summed E-state index contributed by atoms with van der Waals surface area (Å²) in [5.41, 5.74) is 4.57. The van der Waals surface area contributed by atoms with Gasteiger partial charge in [0.2, 0.25) is 0 Å². The first-order chi connectivity index (χ1) is 7.91. The molecule has 0 bridgehead atoms. The van der Waals surface area contributed by atoms with Crippen LogP contribution in [0.15, 0.2) is 24.3 Å². The maximum absolute atomic E-state index is 11.9. The van der Waals surface area contributed by atoms with Crippen LogP contribution >= 0.6 is 11.6 Å². The molecule has 0 fully saturated rings. The lowest BCUT2D eigenvalue weighted by Crippen LogP contribution is -2.04. The highest BCUT2D eigenvalue weighted by atomic mass is 35.5. The van der Waals surface area contributed by atoms with Gasteiger partial charge in [0.05, 0.1) is 5.56 Å². The number of hydrogen-bond acceptors (Lipinski definition) is 1. The third-order valence-corrected chi connectivity index (χ3v) is 2.22. The van der Waals surface area contributed by atoms with E-state index in [1.165, 1.54) is 31.4 Å². The largest absolute Gasteiger partial charge is 0.416 e. The Hall–Kier alpha value is -0.900. The molecule has 0 aliphatic carbocycles. The molecule has 1 aromatic carbocycles. The highest BCUT2D eigenvalue weighted by Crippen LogP contribution is 2.29. The molecule has 1 nitrogen and oxygen atoms in total. The monoisotopic (exact) mass is 267 g/mol. The molecular weight excluding hydrogens is 251 g/mol. The summed E-state index contributed by atoms with van der Waals surface area (Å²) in [5.74, 6) is 0.827. The van der Waals surface area contributed by atoms with E-state index < -0.39 is 11.7 Å². The van der Waals surface area contributed by atoms with E-state index in [9.17, 15) is 13.2 Å². The van der Waals surface area contributed by atoms with Gasteiger partial charge in [-0.1, -0.05) is 25.8 Å². The SMILES string of the molecule is CCCCCCl.Nc1cccc(C(F)(F)F)c1. The van der Waals surface area contributed by atoms with Gasteiger partial charge in [0.1, 0.15) is 0 Å². The molecule has 1 aromatic rings. The molecule has 98 valence electrons. The predicted molar refractivity (Wildman–Crippen MR) is 66.1 cm³/mol. The van der Waals surface area contributed by atoms with Gasteiger partial charge in [-0.2, -0.15) is 13.2 Å². The van der Waals surface area contributed by atoms with Gasteiger partial charge >= 0.3 is 6.18 Å². The number of unbranched alkanes of at least 4 members (excludes halogenated alkanes) is 2. The third-order valence-electron chi connectivity index (χ3n) is 1.95. The van der Waals surface area contributed by atoms with Gasteiger partial charge in [-0.3, -0.25) is 0 Å². The van der Waals surface area contributed by atoms with Gasteiger partial charge in [-0.15, -0.1) is 11.6 Å². The summed E-state index contributed by atoms with van der Waals surface area (Å²) >= 11 is 5.38. The summed E-state index contributed by atoms with van der Waals surface area (Å²) in [4.78, 5) is 0.